The largest absolute Gasteiger partial charge is 0.359 e. The van der Waals surface area contributed by atoms with E-state index in [4.69, 9.17) is 9.47 Å². The van der Waals surface area contributed by atoms with Crippen molar-refractivity contribution in [3.63, 3.8) is 0 Å². The first-order valence-corrected chi connectivity index (χ1v) is 4.75. The van der Waals surface area contributed by atoms with Gasteiger partial charge in [-0.1, -0.05) is 0 Å². The molecule has 0 bridgehead atoms. The molecule has 2 N–H and O–H groups in total. The summed E-state index contributed by atoms with van der Waals surface area (Å²) in [6.45, 7) is 5.09. The van der Waals surface area contributed by atoms with Crippen molar-refractivity contribution < 1.29 is 19.7 Å². The van der Waals surface area contributed by atoms with Crippen LogP contribution in [0.15, 0.2) is 22.8 Å². The Morgan fingerprint density at radius 1 is 1.00 bits per heavy atom. The van der Waals surface area contributed by atoms with E-state index in [1.54, 1.807) is 20.8 Å². The molecule has 0 saturated carbocycles. The maximum atomic E-state index is 10.2. The number of aliphatic hydroxyl groups is 2. The highest BCUT2D eigenvalue weighted by Crippen LogP contribution is 2.39. The molecule has 2 unspecified atom stereocenters. The monoisotopic (exact) mass is 214 g/mol. The molecular weight excluding hydrogens is 196 g/mol. The topological polar surface area (TPSA) is 58.9 Å². The predicted molar refractivity (Wildman–Crippen MR) is 56.0 cm³/mol. The molecule has 0 aliphatic heterocycles. The molecule has 0 heterocycles. The molecule has 0 saturated heterocycles. The molecule has 1 rings (SSSR count). The van der Waals surface area contributed by atoms with Gasteiger partial charge in [-0.15, -0.1) is 0 Å². The van der Waals surface area contributed by atoms with E-state index < -0.39 is 11.6 Å². The normalized spacial score (nSPS) is 36.9. The molecule has 0 fully saturated rings. The van der Waals surface area contributed by atoms with Gasteiger partial charge in [-0.3, -0.25) is 0 Å². The molecule has 2 atom stereocenters. The predicted octanol–water partition coefficient (Wildman–Crippen LogP) is 0.953. The van der Waals surface area contributed by atoms with Gasteiger partial charge in [0.05, 0.1) is 0 Å². The lowest BCUT2D eigenvalue weighted by atomic mass is 9.84. The summed E-state index contributed by atoms with van der Waals surface area (Å²) in [4.78, 5) is 0. The molecule has 0 aromatic heterocycles. The van der Waals surface area contributed by atoms with Crippen LogP contribution in [0.4, 0.5) is 0 Å². The van der Waals surface area contributed by atoms with Crippen molar-refractivity contribution in [2.24, 2.45) is 0 Å². The third-order valence-electron chi connectivity index (χ3n) is 3.16. The van der Waals surface area contributed by atoms with E-state index in [2.05, 4.69) is 0 Å². The van der Waals surface area contributed by atoms with Crippen molar-refractivity contribution in [2.75, 3.05) is 14.2 Å². The fourth-order valence-corrected chi connectivity index (χ4v) is 1.84. The highest BCUT2D eigenvalue weighted by molar-refractivity contribution is 5.41. The Kier molecular flexibility index (Phi) is 3.07. The Labute approximate surface area is 89.8 Å². The summed E-state index contributed by atoms with van der Waals surface area (Å²) in [5, 5.41) is 20.3. The fourth-order valence-electron chi connectivity index (χ4n) is 1.84. The second-order valence-electron chi connectivity index (χ2n) is 3.83. The molecule has 86 valence electrons. The lowest BCUT2D eigenvalue weighted by Crippen LogP contribution is -2.44. The minimum absolute atomic E-state index is 0.512. The van der Waals surface area contributed by atoms with Gasteiger partial charge >= 0.3 is 0 Å². The number of hydrogen-bond acceptors (Lipinski definition) is 4. The van der Waals surface area contributed by atoms with E-state index in [-0.39, 0.29) is 0 Å². The molecule has 0 aromatic carbocycles. The van der Waals surface area contributed by atoms with Crippen molar-refractivity contribution in [2.45, 2.75) is 32.3 Å². The lowest BCUT2D eigenvalue weighted by molar-refractivity contribution is -0.154. The van der Waals surface area contributed by atoms with E-state index in [1.807, 2.05) is 0 Å². The molecule has 0 amide bonds. The quantitative estimate of drug-likeness (QED) is 0.531. The van der Waals surface area contributed by atoms with Crippen molar-refractivity contribution in [1.29, 1.82) is 0 Å². The number of rotatable bonds is 2. The van der Waals surface area contributed by atoms with Gasteiger partial charge in [-0.25, -0.2) is 0 Å². The Morgan fingerprint density at radius 2 is 1.53 bits per heavy atom. The first kappa shape index (κ1) is 12.4. The first-order chi connectivity index (χ1) is 6.81. The van der Waals surface area contributed by atoms with Crippen LogP contribution in [-0.4, -0.2) is 36.0 Å². The average Bonchev–Trinajstić information content (AvgIpc) is 2.23. The van der Waals surface area contributed by atoms with Gasteiger partial charge < -0.3 is 19.7 Å². The minimum Gasteiger partial charge on any atom is -0.359 e. The zero-order valence-electron chi connectivity index (χ0n) is 9.79. The van der Waals surface area contributed by atoms with Gasteiger partial charge in [-0.2, -0.15) is 0 Å². The Hall–Kier alpha value is -0.680. The highest BCUT2D eigenvalue weighted by atomic mass is 16.6. The molecule has 1 aliphatic carbocycles. The van der Waals surface area contributed by atoms with Gasteiger partial charge in [0.2, 0.25) is 11.6 Å². The number of hydrogen-bond donors (Lipinski definition) is 2. The average molecular weight is 214 g/mol. The Morgan fingerprint density at radius 3 is 1.93 bits per heavy atom. The zero-order valence-corrected chi connectivity index (χ0v) is 9.79. The van der Waals surface area contributed by atoms with Gasteiger partial charge in [-0.05, 0) is 43.6 Å². The van der Waals surface area contributed by atoms with E-state index in [0.717, 1.165) is 0 Å². The van der Waals surface area contributed by atoms with Crippen molar-refractivity contribution in [3.8, 4) is 0 Å². The summed E-state index contributed by atoms with van der Waals surface area (Å²) in [5.74, 6) is -2.88. The molecule has 0 aromatic rings. The summed E-state index contributed by atoms with van der Waals surface area (Å²) in [7, 11) is 2.84. The molecule has 4 nitrogen and oxygen atoms in total. The van der Waals surface area contributed by atoms with Gasteiger partial charge in [0.1, 0.15) is 0 Å². The van der Waals surface area contributed by atoms with Crippen LogP contribution in [0.1, 0.15) is 20.8 Å². The molecule has 1 aliphatic rings. The Bertz CT molecular complexity index is 331. The van der Waals surface area contributed by atoms with Crippen molar-refractivity contribution >= 4 is 0 Å². The van der Waals surface area contributed by atoms with Crippen LogP contribution in [0.2, 0.25) is 0 Å². The third kappa shape index (κ3) is 1.63. The molecule has 4 heteroatoms. The van der Waals surface area contributed by atoms with Crippen LogP contribution >= 0.6 is 0 Å². The summed E-state index contributed by atoms with van der Waals surface area (Å²) in [6, 6.07) is 0. The van der Waals surface area contributed by atoms with E-state index in [0.29, 0.717) is 16.7 Å². The maximum absolute atomic E-state index is 10.2. The maximum Gasteiger partial charge on any atom is 0.211 e. The Balaban J connectivity index is 3.32. The summed E-state index contributed by atoms with van der Waals surface area (Å²) in [5.41, 5.74) is 1.60. The first-order valence-electron chi connectivity index (χ1n) is 4.75. The molecular formula is C11H18O4. The van der Waals surface area contributed by atoms with E-state index >= 15 is 0 Å². The summed E-state index contributed by atoms with van der Waals surface area (Å²) >= 11 is 0. The second-order valence-corrected chi connectivity index (χ2v) is 3.83. The van der Waals surface area contributed by atoms with Crippen LogP contribution in [0, 0.1) is 0 Å². The van der Waals surface area contributed by atoms with Crippen LogP contribution in [0.25, 0.3) is 0 Å². The number of methoxy groups -OCH3 is 2. The van der Waals surface area contributed by atoms with Crippen molar-refractivity contribution in [3.05, 3.63) is 22.8 Å². The van der Waals surface area contributed by atoms with Crippen LogP contribution in [0.5, 0.6) is 0 Å². The smallest absolute Gasteiger partial charge is 0.211 e. The van der Waals surface area contributed by atoms with Crippen LogP contribution in [0.3, 0.4) is 0 Å². The standard InChI is InChI=1S/C11H18O4/c1-7-6-10(12,14-4)8(2)9(3)11(7,13)15-5/h6,12-13H,1-5H3. The van der Waals surface area contributed by atoms with Crippen LogP contribution in [-0.2, 0) is 9.47 Å². The fraction of sp³-hybridized carbons (Fsp3) is 0.636. The molecule has 0 spiro atoms. The molecule has 15 heavy (non-hydrogen) atoms. The van der Waals surface area contributed by atoms with Gasteiger partial charge in [0.25, 0.3) is 0 Å². The van der Waals surface area contributed by atoms with Gasteiger partial charge in [0, 0.05) is 14.2 Å². The van der Waals surface area contributed by atoms with Crippen LogP contribution < -0.4 is 0 Å². The second kappa shape index (κ2) is 3.72. The SMILES string of the molecule is COC1(O)C=C(C)C(O)(OC)C(C)=C1C. The highest BCUT2D eigenvalue weighted by Gasteiger charge is 2.43. The zero-order chi connectivity index (χ0) is 11.9. The molecule has 0 radical (unpaired) electrons. The van der Waals surface area contributed by atoms with Gasteiger partial charge in [0.15, 0.2) is 0 Å². The minimum atomic E-state index is -1.45. The van der Waals surface area contributed by atoms with E-state index in [9.17, 15) is 10.2 Å². The third-order valence-corrected chi connectivity index (χ3v) is 3.16. The van der Waals surface area contributed by atoms with E-state index in [1.165, 1.54) is 20.3 Å². The van der Waals surface area contributed by atoms with Crippen molar-refractivity contribution in [1.82, 2.24) is 0 Å². The lowest BCUT2D eigenvalue weighted by Gasteiger charge is -2.39. The number of ether oxygens (including phenoxy) is 2. The summed E-state index contributed by atoms with van der Waals surface area (Å²) in [6.07, 6.45) is 1.46. The summed E-state index contributed by atoms with van der Waals surface area (Å²) < 4.78 is 10.1.